The Hall–Kier alpha value is -1.88. The molecule has 2 aromatic rings. The zero-order chi connectivity index (χ0) is 12.3. The molecular formula is C12H13N3OS. The molecule has 2 rings (SSSR count). The predicted octanol–water partition coefficient (Wildman–Crippen LogP) is 2.31. The van der Waals surface area contributed by atoms with E-state index in [9.17, 15) is 0 Å². The van der Waals surface area contributed by atoms with E-state index in [1.165, 1.54) is 0 Å². The van der Waals surface area contributed by atoms with Gasteiger partial charge in [-0.15, -0.1) is 11.3 Å². The highest BCUT2D eigenvalue weighted by Crippen LogP contribution is 2.15. The number of nitrogen functional groups attached to an aromatic ring is 1. The number of aryl methyl sites for hydroxylation is 1. The summed E-state index contributed by atoms with van der Waals surface area (Å²) in [5, 5.41) is 10.3. The number of benzene rings is 1. The van der Waals surface area contributed by atoms with Crippen LogP contribution in [0.5, 0.6) is 5.75 Å². The fraction of sp³-hybridized carbons (Fsp3) is 0.167. The van der Waals surface area contributed by atoms with Gasteiger partial charge in [-0.1, -0.05) is 12.1 Å². The Balaban J connectivity index is 2.04. The molecule has 4 nitrogen and oxygen atoms in total. The van der Waals surface area contributed by atoms with E-state index in [1.807, 2.05) is 24.4 Å². The molecular weight excluding hydrogens is 234 g/mol. The average Bonchev–Trinajstić information content (AvgIpc) is 2.73. The van der Waals surface area contributed by atoms with Crippen LogP contribution in [0.1, 0.15) is 16.3 Å². The summed E-state index contributed by atoms with van der Waals surface area (Å²) >= 11 is 1.60. The molecule has 0 saturated carbocycles. The van der Waals surface area contributed by atoms with Crippen LogP contribution in [0, 0.1) is 12.3 Å². The van der Waals surface area contributed by atoms with E-state index < -0.39 is 0 Å². The molecule has 1 heterocycles. The van der Waals surface area contributed by atoms with Gasteiger partial charge < -0.3 is 10.5 Å². The summed E-state index contributed by atoms with van der Waals surface area (Å²) in [6.45, 7) is 2.40. The van der Waals surface area contributed by atoms with Crippen LogP contribution >= 0.6 is 11.3 Å². The molecule has 0 saturated heterocycles. The summed E-state index contributed by atoms with van der Waals surface area (Å²) in [6, 6.07) is 7.19. The lowest BCUT2D eigenvalue weighted by atomic mass is 10.2. The van der Waals surface area contributed by atoms with Crippen molar-refractivity contribution in [2.45, 2.75) is 13.5 Å². The molecule has 0 aliphatic heterocycles. The highest BCUT2D eigenvalue weighted by atomic mass is 32.1. The number of hydrogen-bond acceptors (Lipinski definition) is 4. The van der Waals surface area contributed by atoms with Crippen molar-refractivity contribution in [3.05, 3.63) is 45.9 Å². The summed E-state index contributed by atoms with van der Waals surface area (Å²) < 4.78 is 5.59. The molecule has 0 spiro atoms. The van der Waals surface area contributed by atoms with Crippen molar-refractivity contribution in [2.24, 2.45) is 5.73 Å². The molecule has 3 N–H and O–H groups in total. The Labute approximate surface area is 104 Å². The number of aromatic nitrogens is 1. The van der Waals surface area contributed by atoms with Crippen LogP contribution in [-0.2, 0) is 6.61 Å². The van der Waals surface area contributed by atoms with Gasteiger partial charge in [0.1, 0.15) is 18.2 Å². The van der Waals surface area contributed by atoms with E-state index >= 15 is 0 Å². The van der Waals surface area contributed by atoms with Gasteiger partial charge in [-0.2, -0.15) is 0 Å². The van der Waals surface area contributed by atoms with Crippen LogP contribution in [-0.4, -0.2) is 10.8 Å². The predicted molar refractivity (Wildman–Crippen MR) is 68.6 cm³/mol. The van der Waals surface area contributed by atoms with Gasteiger partial charge in [0.25, 0.3) is 0 Å². The van der Waals surface area contributed by atoms with Crippen LogP contribution in [0.4, 0.5) is 0 Å². The minimum absolute atomic E-state index is 0.0416. The first-order valence-electron chi connectivity index (χ1n) is 5.13. The van der Waals surface area contributed by atoms with Gasteiger partial charge in [0.05, 0.1) is 10.7 Å². The van der Waals surface area contributed by atoms with Gasteiger partial charge in [-0.05, 0) is 19.1 Å². The van der Waals surface area contributed by atoms with Gasteiger partial charge in [-0.25, -0.2) is 4.98 Å². The fourth-order valence-corrected chi connectivity index (χ4v) is 1.98. The molecule has 1 aromatic heterocycles. The number of ether oxygens (including phenoxy) is 1. The van der Waals surface area contributed by atoms with Crippen LogP contribution in [0.25, 0.3) is 0 Å². The molecule has 1 aromatic carbocycles. The highest BCUT2D eigenvalue weighted by molar-refractivity contribution is 7.09. The Kier molecular flexibility index (Phi) is 3.39. The Morgan fingerprint density at radius 3 is 3.00 bits per heavy atom. The summed E-state index contributed by atoms with van der Waals surface area (Å²) in [4.78, 5) is 4.31. The van der Waals surface area contributed by atoms with Crippen molar-refractivity contribution in [1.29, 1.82) is 5.41 Å². The first-order valence-corrected chi connectivity index (χ1v) is 6.01. The standard InChI is InChI=1S/C12H13N3OS/c1-8-15-10(7-17-8)6-16-11-4-2-3-9(5-11)12(13)14/h2-5,7H,6H2,1H3,(H3,13,14). The number of nitrogens with zero attached hydrogens (tertiary/aromatic N) is 1. The van der Waals surface area contributed by atoms with E-state index in [0.29, 0.717) is 17.9 Å². The summed E-state index contributed by atoms with van der Waals surface area (Å²) in [7, 11) is 0. The molecule has 0 aliphatic rings. The lowest BCUT2D eigenvalue weighted by molar-refractivity contribution is 0.302. The van der Waals surface area contributed by atoms with Crippen LogP contribution < -0.4 is 10.5 Å². The molecule has 0 atom stereocenters. The molecule has 0 amide bonds. The summed E-state index contributed by atoms with van der Waals surface area (Å²) in [6.07, 6.45) is 0. The summed E-state index contributed by atoms with van der Waals surface area (Å²) in [5.41, 5.74) is 6.99. The first kappa shape index (κ1) is 11.6. The molecule has 5 heteroatoms. The second-order valence-corrected chi connectivity index (χ2v) is 4.65. The van der Waals surface area contributed by atoms with E-state index in [0.717, 1.165) is 10.7 Å². The van der Waals surface area contributed by atoms with Crippen molar-refractivity contribution in [3.8, 4) is 5.75 Å². The molecule has 0 bridgehead atoms. The SMILES string of the molecule is Cc1nc(COc2cccc(C(=N)N)c2)cs1. The Bertz CT molecular complexity index is 536. The molecule has 0 unspecified atom stereocenters. The van der Waals surface area contributed by atoms with E-state index in [1.54, 1.807) is 23.5 Å². The lowest BCUT2D eigenvalue weighted by Crippen LogP contribution is -2.10. The van der Waals surface area contributed by atoms with Crippen molar-refractivity contribution in [3.63, 3.8) is 0 Å². The number of hydrogen-bond donors (Lipinski definition) is 2. The first-order chi connectivity index (χ1) is 8.15. The summed E-state index contributed by atoms with van der Waals surface area (Å²) in [5.74, 6) is 0.739. The lowest BCUT2D eigenvalue weighted by Gasteiger charge is -2.05. The normalized spacial score (nSPS) is 10.2. The zero-order valence-electron chi connectivity index (χ0n) is 9.43. The Morgan fingerprint density at radius 2 is 2.35 bits per heavy atom. The van der Waals surface area contributed by atoms with E-state index in [-0.39, 0.29) is 5.84 Å². The van der Waals surface area contributed by atoms with Gasteiger partial charge >= 0.3 is 0 Å². The smallest absolute Gasteiger partial charge is 0.131 e. The number of amidine groups is 1. The zero-order valence-corrected chi connectivity index (χ0v) is 10.3. The van der Waals surface area contributed by atoms with Gasteiger partial charge in [0.15, 0.2) is 0 Å². The molecule has 0 fully saturated rings. The van der Waals surface area contributed by atoms with Crippen LogP contribution in [0.3, 0.4) is 0 Å². The van der Waals surface area contributed by atoms with Gasteiger partial charge in [0, 0.05) is 10.9 Å². The maximum atomic E-state index is 7.34. The monoisotopic (exact) mass is 247 g/mol. The van der Waals surface area contributed by atoms with Gasteiger partial charge in [0.2, 0.25) is 0 Å². The van der Waals surface area contributed by atoms with Crippen molar-refractivity contribution < 1.29 is 4.74 Å². The third kappa shape index (κ3) is 3.04. The Morgan fingerprint density at radius 1 is 1.53 bits per heavy atom. The third-order valence-electron chi connectivity index (χ3n) is 2.20. The van der Waals surface area contributed by atoms with E-state index in [2.05, 4.69) is 4.98 Å². The third-order valence-corrected chi connectivity index (χ3v) is 3.02. The van der Waals surface area contributed by atoms with Crippen molar-refractivity contribution in [2.75, 3.05) is 0 Å². The van der Waals surface area contributed by atoms with Gasteiger partial charge in [-0.3, -0.25) is 5.41 Å². The van der Waals surface area contributed by atoms with E-state index in [4.69, 9.17) is 15.9 Å². The maximum Gasteiger partial charge on any atom is 0.131 e. The van der Waals surface area contributed by atoms with Crippen LogP contribution in [0.15, 0.2) is 29.6 Å². The molecule has 0 aliphatic carbocycles. The molecule has 17 heavy (non-hydrogen) atoms. The highest BCUT2D eigenvalue weighted by Gasteiger charge is 2.02. The fourth-order valence-electron chi connectivity index (χ4n) is 1.39. The minimum atomic E-state index is 0.0416. The molecule has 0 radical (unpaired) electrons. The van der Waals surface area contributed by atoms with Crippen molar-refractivity contribution in [1.82, 2.24) is 4.98 Å². The largest absolute Gasteiger partial charge is 0.487 e. The minimum Gasteiger partial charge on any atom is -0.487 e. The number of rotatable bonds is 4. The topological polar surface area (TPSA) is 72.0 Å². The average molecular weight is 247 g/mol. The number of nitrogens with one attached hydrogen (secondary N) is 1. The van der Waals surface area contributed by atoms with Crippen molar-refractivity contribution >= 4 is 17.2 Å². The second kappa shape index (κ2) is 4.97. The maximum absolute atomic E-state index is 7.34. The second-order valence-electron chi connectivity index (χ2n) is 3.59. The molecule has 88 valence electrons. The quantitative estimate of drug-likeness (QED) is 0.643. The number of thiazole rings is 1. The number of nitrogens with two attached hydrogens (primary N) is 1. The van der Waals surface area contributed by atoms with Crippen LogP contribution in [0.2, 0.25) is 0 Å².